The lowest BCUT2D eigenvalue weighted by atomic mass is 10.0. The van der Waals surface area contributed by atoms with E-state index in [0.29, 0.717) is 18.5 Å². The molecule has 2 heterocycles. The standard InChI is InChI=1S/C17H28N2O2S/c1-12(2)9-15(19-5-7-21-8-6-19)11-18-17(20)16-10-13(3)22-14(16)4/h10,12,15H,5-9,11H2,1-4H3,(H,18,20). The van der Waals surface area contributed by atoms with E-state index in [0.717, 1.165) is 43.2 Å². The fourth-order valence-electron chi connectivity index (χ4n) is 3.01. The molecule has 4 nitrogen and oxygen atoms in total. The predicted octanol–water partition coefficient (Wildman–Crippen LogP) is 2.84. The molecule has 1 aromatic heterocycles. The topological polar surface area (TPSA) is 41.6 Å². The number of thiophene rings is 1. The summed E-state index contributed by atoms with van der Waals surface area (Å²) in [5.41, 5.74) is 0.827. The lowest BCUT2D eigenvalue weighted by Gasteiger charge is -2.35. The monoisotopic (exact) mass is 324 g/mol. The number of nitrogens with zero attached hydrogens (tertiary/aromatic N) is 1. The van der Waals surface area contributed by atoms with E-state index in [1.165, 1.54) is 4.88 Å². The highest BCUT2D eigenvalue weighted by Gasteiger charge is 2.23. The molecule has 1 fully saturated rings. The summed E-state index contributed by atoms with van der Waals surface area (Å²) in [5.74, 6) is 0.679. The Morgan fingerprint density at radius 3 is 2.59 bits per heavy atom. The Bertz CT molecular complexity index is 493. The first-order chi connectivity index (χ1) is 10.5. The molecule has 1 unspecified atom stereocenters. The maximum absolute atomic E-state index is 12.4. The van der Waals surface area contributed by atoms with Gasteiger partial charge in [-0.1, -0.05) is 13.8 Å². The van der Waals surface area contributed by atoms with Crippen LogP contribution in [0.2, 0.25) is 0 Å². The number of carbonyl (C=O) groups excluding carboxylic acids is 1. The van der Waals surface area contributed by atoms with Gasteiger partial charge >= 0.3 is 0 Å². The van der Waals surface area contributed by atoms with E-state index < -0.39 is 0 Å². The van der Waals surface area contributed by atoms with Crippen molar-refractivity contribution in [2.75, 3.05) is 32.8 Å². The third kappa shape index (κ3) is 4.80. The number of ether oxygens (including phenoxy) is 1. The van der Waals surface area contributed by atoms with Crippen LogP contribution < -0.4 is 5.32 Å². The second-order valence-corrected chi connectivity index (χ2v) is 7.93. The molecule has 124 valence electrons. The molecule has 1 aromatic rings. The summed E-state index contributed by atoms with van der Waals surface area (Å²) >= 11 is 1.68. The van der Waals surface area contributed by atoms with Crippen molar-refractivity contribution in [2.45, 2.75) is 40.2 Å². The zero-order chi connectivity index (χ0) is 16.1. The number of aryl methyl sites for hydroxylation is 2. The average Bonchev–Trinajstić information content (AvgIpc) is 2.82. The van der Waals surface area contributed by atoms with Crippen LogP contribution in [-0.2, 0) is 4.74 Å². The summed E-state index contributed by atoms with van der Waals surface area (Å²) in [4.78, 5) is 17.1. The fraction of sp³-hybridized carbons (Fsp3) is 0.706. The molecule has 0 spiro atoms. The number of hydrogen-bond donors (Lipinski definition) is 1. The van der Waals surface area contributed by atoms with E-state index >= 15 is 0 Å². The van der Waals surface area contributed by atoms with Crippen molar-refractivity contribution in [1.29, 1.82) is 0 Å². The molecule has 1 amide bonds. The molecule has 0 radical (unpaired) electrons. The molecule has 0 aromatic carbocycles. The quantitative estimate of drug-likeness (QED) is 0.875. The summed E-state index contributed by atoms with van der Waals surface area (Å²) in [6.45, 7) is 12.8. The first-order valence-corrected chi connectivity index (χ1v) is 8.96. The maximum atomic E-state index is 12.4. The smallest absolute Gasteiger partial charge is 0.252 e. The Kier molecular flexibility index (Phi) is 6.41. The lowest BCUT2D eigenvalue weighted by molar-refractivity contribution is 0.0124. The summed E-state index contributed by atoms with van der Waals surface area (Å²) in [7, 11) is 0. The van der Waals surface area contributed by atoms with Crippen molar-refractivity contribution in [2.24, 2.45) is 5.92 Å². The summed E-state index contributed by atoms with van der Waals surface area (Å²) in [6.07, 6.45) is 1.10. The van der Waals surface area contributed by atoms with Crippen LogP contribution in [0, 0.1) is 19.8 Å². The number of rotatable bonds is 6. The second-order valence-electron chi connectivity index (χ2n) is 6.47. The predicted molar refractivity (Wildman–Crippen MR) is 91.8 cm³/mol. The molecule has 5 heteroatoms. The third-order valence-electron chi connectivity index (χ3n) is 4.09. The molecule has 0 saturated carbocycles. The molecule has 0 aliphatic carbocycles. The fourth-order valence-corrected chi connectivity index (χ4v) is 3.93. The van der Waals surface area contributed by atoms with Gasteiger partial charge in [-0.15, -0.1) is 11.3 Å². The SMILES string of the molecule is Cc1cc(C(=O)NCC(CC(C)C)N2CCOCC2)c(C)s1. The van der Waals surface area contributed by atoms with Crippen molar-refractivity contribution in [1.82, 2.24) is 10.2 Å². The van der Waals surface area contributed by atoms with Crippen molar-refractivity contribution in [3.05, 3.63) is 21.4 Å². The Balaban J connectivity index is 1.95. The lowest BCUT2D eigenvalue weighted by Crippen LogP contribution is -2.49. The Labute approximate surface area is 137 Å². The highest BCUT2D eigenvalue weighted by atomic mass is 32.1. The van der Waals surface area contributed by atoms with Crippen LogP contribution in [0.15, 0.2) is 6.07 Å². The van der Waals surface area contributed by atoms with Gasteiger partial charge in [0.05, 0.1) is 18.8 Å². The number of carbonyl (C=O) groups is 1. The summed E-state index contributed by atoms with van der Waals surface area (Å²) in [6, 6.07) is 2.38. The van der Waals surface area contributed by atoms with Crippen molar-refractivity contribution in [3.8, 4) is 0 Å². The molecule has 1 N–H and O–H groups in total. The molecular weight excluding hydrogens is 296 g/mol. The maximum Gasteiger partial charge on any atom is 0.252 e. The van der Waals surface area contributed by atoms with E-state index in [9.17, 15) is 4.79 Å². The molecule has 2 rings (SSSR count). The van der Waals surface area contributed by atoms with Gasteiger partial charge in [0.25, 0.3) is 5.91 Å². The molecule has 1 aliphatic rings. The molecule has 22 heavy (non-hydrogen) atoms. The Morgan fingerprint density at radius 1 is 1.36 bits per heavy atom. The first-order valence-electron chi connectivity index (χ1n) is 8.14. The van der Waals surface area contributed by atoms with Crippen molar-refractivity contribution < 1.29 is 9.53 Å². The van der Waals surface area contributed by atoms with Gasteiger partial charge in [-0.05, 0) is 32.3 Å². The minimum Gasteiger partial charge on any atom is -0.379 e. The number of amides is 1. The van der Waals surface area contributed by atoms with Crippen molar-refractivity contribution in [3.63, 3.8) is 0 Å². The van der Waals surface area contributed by atoms with E-state index in [1.54, 1.807) is 11.3 Å². The van der Waals surface area contributed by atoms with Crippen LogP contribution in [0.1, 0.15) is 40.4 Å². The number of morpholine rings is 1. The van der Waals surface area contributed by atoms with Gasteiger partial charge in [-0.25, -0.2) is 0 Å². The zero-order valence-electron chi connectivity index (χ0n) is 14.1. The second kappa shape index (κ2) is 8.09. The summed E-state index contributed by atoms with van der Waals surface area (Å²) in [5, 5.41) is 3.14. The Hall–Kier alpha value is -0.910. The van der Waals surface area contributed by atoms with E-state index in [2.05, 4.69) is 24.1 Å². The van der Waals surface area contributed by atoms with E-state index in [4.69, 9.17) is 4.74 Å². The van der Waals surface area contributed by atoms with Crippen LogP contribution in [-0.4, -0.2) is 49.7 Å². The van der Waals surface area contributed by atoms with Crippen LogP contribution >= 0.6 is 11.3 Å². The largest absolute Gasteiger partial charge is 0.379 e. The highest BCUT2D eigenvalue weighted by molar-refractivity contribution is 7.12. The molecule has 1 aliphatic heterocycles. The Morgan fingerprint density at radius 2 is 2.05 bits per heavy atom. The number of hydrogen-bond acceptors (Lipinski definition) is 4. The molecule has 0 bridgehead atoms. The normalized spacial score (nSPS) is 17.7. The third-order valence-corrected chi connectivity index (χ3v) is 5.06. The highest BCUT2D eigenvalue weighted by Crippen LogP contribution is 2.20. The minimum absolute atomic E-state index is 0.0591. The van der Waals surface area contributed by atoms with Crippen LogP contribution in [0.4, 0.5) is 0 Å². The van der Waals surface area contributed by atoms with Gasteiger partial charge in [0.2, 0.25) is 0 Å². The molecule has 1 saturated heterocycles. The zero-order valence-corrected chi connectivity index (χ0v) is 15.0. The van der Waals surface area contributed by atoms with Gasteiger partial charge in [0.1, 0.15) is 0 Å². The summed E-state index contributed by atoms with van der Waals surface area (Å²) < 4.78 is 5.44. The van der Waals surface area contributed by atoms with Gasteiger partial charge in [-0.2, -0.15) is 0 Å². The van der Waals surface area contributed by atoms with E-state index in [1.807, 2.05) is 19.9 Å². The van der Waals surface area contributed by atoms with Gasteiger partial charge in [0.15, 0.2) is 0 Å². The average molecular weight is 324 g/mol. The first kappa shape index (κ1) is 17.4. The van der Waals surface area contributed by atoms with Gasteiger partial charge in [0, 0.05) is 35.4 Å². The van der Waals surface area contributed by atoms with Crippen LogP contribution in [0.5, 0.6) is 0 Å². The molecular formula is C17H28N2O2S. The van der Waals surface area contributed by atoms with E-state index in [-0.39, 0.29) is 5.91 Å². The van der Waals surface area contributed by atoms with Crippen molar-refractivity contribution >= 4 is 17.2 Å². The van der Waals surface area contributed by atoms with Crippen LogP contribution in [0.3, 0.4) is 0 Å². The molecule has 1 atom stereocenters. The van der Waals surface area contributed by atoms with Crippen LogP contribution in [0.25, 0.3) is 0 Å². The van der Waals surface area contributed by atoms with Gasteiger partial charge in [-0.3, -0.25) is 9.69 Å². The minimum atomic E-state index is 0.0591. The number of nitrogens with one attached hydrogen (secondary N) is 1. The van der Waals surface area contributed by atoms with Gasteiger partial charge < -0.3 is 10.1 Å².